The van der Waals surface area contributed by atoms with Gasteiger partial charge in [-0.3, -0.25) is 24.1 Å². The Morgan fingerprint density at radius 2 is 1.73 bits per heavy atom. The number of H-pyrrole nitrogens is 2. The number of benzene rings is 2. The number of hydrogen-bond acceptors (Lipinski definition) is 6. The van der Waals surface area contributed by atoms with Gasteiger partial charge in [-0.1, -0.05) is 43.7 Å². The lowest BCUT2D eigenvalue weighted by molar-refractivity contribution is 0.598. The van der Waals surface area contributed by atoms with Crippen LogP contribution in [0, 0.1) is 5.82 Å². The molecule has 0 amide bonds. The molecule has 3 aromatic heterocycles. The van der Waals surface area contributed by atoms with Gasteiger partial charge in [0.2, 0.25) is 0 Å². The number of aromatic amines is 2. The molecule has 0 aliphatic rings. The van der Waals surface area contributed by atoms with Gasteiger partial charge >= 0.3 is 5.69 Å². The Kier molecular flexibility index (Phi) is 7.60. The Bertz CT molecular complexity index is 1870. The predicted molar refractivity (Wildman–Crippen MR) is 149 cm³/mol. The summed E-state index contributed by atoms with van der Waals surface area (Å²) in [5, 5.41) is 0. The third-order valence-corrected chi connectivity index (χ3v) is 8.02. The molecular weight excluding hydrogens is 535 g/mol. The molecule has 12 heteroatoms. The molecule has 3 heterocycles. The monoisotopic (exact) mass is 562 g/mol. The van der Waals surface area contributed by atoms with Gasteiger partial charge in [0.05, 0.1) is 10.6 Å². The van der Waals surface area contributed by atoms with E-state index < -0.39 is 33.0 Å². The van der Waals surface area contributed by atoms with Crippen LogP contribution in [-0.4, -0.2) is 32.9 Å². The van der Waals surface area contributed by atoms with Crippen LogP contribution in [0.2, 0.25) is 0 Å². The van der Waals surface area contributed by atoms with E-state index in [0.29, 0.717) is 35.6 Å². The largest absolute Gasteiger partial charge is 0.336 e. The Morgan fingerprint density at radius 3 is 2.42 bits per heavy atom. The number of aromatic nitrogens is 5. The molecule has 0 saturated heterocycles. The topological polar surface area (TPSA) is 143 Å². The molecule has 5 aromatic rings. The number of rotatable bonds is 10. The molecule has 206 valence electrons. The van der Waals surface area contributed by atoms with Gasteiger partial charge in [-0.05, 0) is 54.3 Å². The molecule has 10 nitrogen and oxygen atoms in total. The zero-order valence-corrected chi connectivity index (χ0v) is 22.4. The smallest absolute Gasteiger partial charge is 0.330 e. The Labute approximate surface area is 229 Å². The Balaban J connectivity index is 1.57. The van der Waals surface area contributed by atoms with Crippen molar-refractivity contribution in [2.45, 2.75) is 43.5 Å². The second-order valence-electron chi connectivity index (χ2n) is 9.34. The Hall–Kier alpha value is -4.58. The molecule has 0 fully saturated rings. The third-order valence-electron chi connectivity index (χ3n) is 6.62. The lowest BCUT2D eigenvalue weighted by atomic mass is 9.91. The van der Waals surface area contributed by atoms with Crippen molar-refractivity contribution in [3.63, 3.8) is 0 Å². The minimum atomic E-state index is -3.88. The van der Waals surface area contributed by atoms with E-state index in [1.165, 1.54) is 35.2 Å². The molecule has 2 aromatic carbocycles. The highest BCUT2D eigenvalue weighted by molar-refractivity contribution is 7.92. The summed E-state index contributed by atoms with van der Waals surface area (Å²) >= 11 is 0. The average Bonchev–Trinajstić information content (AvgIpc) is 3.39. The highest BCUT2D eigenvalue weighted by Crippen LogP contribution is 2.30. The van der Waals surface area contributed by atoms with Crippen LogP contribution in [0.4, 0.5) is 10.1 Å². The molecular formula is C28H27FN6O4S. The molecule has 5 rings (SSSR count). The van der Waals surface area contributed by atoms with Crippen molar-refractivity contribution in [2.75, 3.05) is 4.72 Å². The molecule has 1 atom stereocenters. The van der Waals surface area contributed by atoms with Crippen molar-refractivity contribution >= 4 is 26.9 Å². The number of halogens is 1. The van der Waals surface area contributed by atoms with Crippen molar-refractivity contribution in [1.82, 2.24) is 24.5 Å². The van der Waals surface area contributed by atoms with Gasteiger partial charge in [-0.15, -0.1) is 0 Å². The zero-order chi connectivity index (χ0) is 28.3. The summed E-state index contributed by atoms with van der Waals surface area (Å²) in [6.45, 7) is 2.37. The first-order valence-electron chi connectivity index (χ1n) is 12.8. The number of imidazole rings is 1. The van der Waals surface area contributed by atoms with Crippen molar-refractivity contribution in [2.24, 2.45) is 0 Å². The normalized spacial score (nSPS) is 12.4. The summed E-state index contributed by atoms with van der Waals surface area (Å²) in [6, 6.07) is 15.6. The third kappa shape index (κ3) is 5.57. The number of nitrogens with one attached hydrogen (secondary N) is 3. The molecule has 0 spiro atoms. The number of anilines is 1. The highest BCUT2D eigenvalue weighted by Gasteiger charge is 2.24. The van der Waals surface area contributed by atoms with E-state index in [9.17, 15) is 22.4 Å². The first kappa shape index (κ1) is 27.0. The van der Waals surface area contributed by atoms with E-state index in [0.717, 1.165) is 6.42 Å². The molecule has 0 aliphatic carbocycles. The summed E-state index contributed by atoms with van der Waals surface area (Å²) in [7, 11) is -3.88. The van der Waals surface area contributed by atoms with Crippen LogP contribution in [0.3, 0.4) is 0 Å². The lowest BCUT2D eigenvalue weighted by Gasteiger charge is -2.17. The summed E-state index contributed by atoms with van der Waals surface area (Å²) < 4.78 is 44.5. The molecule has 0 saturated carbocycles. The highest BCUT2D eigenvalue weighted by atomic mass is 32.2. The lowest BCUT2D eigenvalue weighted by Crippen LogP contribution is -2.30. The number of nitrogens with zero attached hydrogens (tertiary/aromatic N) is 3. The van der Waals surface area contributed by atoms with Crippen LogP contribution >= 0.6 is 0 Å². The van der Waals surface area contributed by atoms with Crippen LogP contribution < -0.4 is 16.0 Å². The summed E-state index contributed by atoms with van der Waals surface area (Å²) in [4.78, 5) is 39.1. The maximum absolute atomic E-state index is 14.7. The number of hydrogen-bond donors (Lipinski definition) is 3. The zero-order valence-electron chi connectivity index (χ0n) is 21.6. The fraction of sp³-hybridized carbons (Fsp3) is 0.214. The van der Waals surface area contributed by atoms with Gasteiger partial charge in [-0.25, -0.2) is 22.6 Å². The summed E-state index contributed by atoms with van der Waals surface area (Å²) in [5.41, 5.74) is 0.649. The van der Waals surface area contributed by atoms with Gasteiger partial charge < -0.3 is 4.98 Å². The summed E-state index contributed by atoms with van der Waals surface area (Å²) in [6.07, 6.45) is 4.69. The second kappa shape index (κ2) is 11.3. The predicted octanol–water partition coefficient (Wildman–Crippen LogP) is 3.92. The van der Waals surface area contributed by atoms with Crippen molar-refractivity contribution < 1.29 is 12.8 Å². The van der Waals surface area contributed by atoms with Gasteiger partial charge in [0.25, 0.3) is 15.6 Å². The van der Waals surface area contributed by atoms with Crippen LogP contribution in [-0.2, 0) is 23.0 Å². The maximum atomic E-state index is 14.7. The van der Waals surface area contributed by atoms with E-state index in [2.05, 4.69) is 24.7 Å². The maximum Gasteiger partial charge on any atom is 0.330 e. The van der Waals surface area contributed by atoms with E-state index in [1.54, 1.807) is 42.5 Å². The second-order valence-corrected chi connectivity index (χ2v) is 11.0. The van der Waals surface area contributed by atoms with Crippen LogP contribution in [0.5, 0.6) is 0 Å². The summed E-state index contributed by atoms with van der Waals surface area (Å²) in [5.74, 6) is -0.629. The fourth-order valence-electron chi connectivity index (χ4n) is 4.52. The standard InChI is InChI=1S/C28H27FN6O4S/c1-2-3-16-35-26-24(27(36)33-28(35)37)31-25(32-26)22(17-19-6-4-5-7-23(19)29)18-8-10-21(11-9-18)40(38,39)34-20-12-14-30-15-13-20/h4-15,22H,2-3,16-17H2,1H3,(H,30,34)(H,31,32)(H,33,36,37). The number of aryl methyl sites for hydroxylation is 1. The van der Waals surface area contributed by atoms with Gasteiger partial charge in [-0.2, -0.15) is 0 Å². The van der Waals surface area contributed by atoms with Crippen LogP contribution in [0.25, 0.3) is 11.2 Å². The van der Waals surface area contributed by atoms with E-state index in [4.69, 9.17) is 0 Å². The molecule has 3 N–H and O–H groups in total. The van der Waals surface area contributed by atoms with Gasteiger partial charge in [0.1, 0.15) is 17.2 Å². The number of unbranched alkanes of at least 4 members (excludes halogenated alkanes) is 1. The van der Waals surface area contributed by atoms with E-state index >= 15 is 0 Å². The minimum Gasteiger partial charge on any atom is -0.336 e. The van der Waals surface area contributed by atoms with Crippen molar-refractivity contribution in [1.29, 1.82) is 0 Å². The molecule has 40 heavy (non-hydrogen) atoms. The first-order valence-corrected chi connectivity index (χ1v) is 14.2. The Morgan fingerprint density at radius 1 is 1.00 bits per heavy atom. The van der Waals surface area contributed by atoms with Crippen molar-refractivity contribution in [3.05, 3.63) is 117 Å². The average molecular weight is 563 g/mol. The minimum absolute atomic E-state index is 0.0344. The van der Waals surface area contributed by atoms with Crippen molar-refractivity contribution in [3.8, 4) is 0 Å². The number of pyridine rings is 1. The molecule has 0 radical (unpaired) electrons. The quantitative estimate of drug-likeness (QED) is 0.235. The van der Waals surface area contributed by atoms with Gasteiger partial charge in [0, 0.05) is 24.9 Å². The molecule has 0 aliphatic heterocycles. The van der Waals surface area contributed by atoms with Crippen LogP contribution in [0.1, 0.15) is 42.6 Å². The van der Waals surface area contributed by atoms with Crippen LogP contribution in [0.15, 0.2) is 87.5 Å². The number of fused-ring (bicyclic) bond motifs is 1. The fourth-order valence-corrected chi connectivity index (χ4v) is 5.58. The van der Waals surface area contributed by atoms with E-state index in [-0.39, 0.29) is 22.5 Å². The molecule has 0 bridgehead atoms. The molecule has 1 unspecified atom stereocenters. The van der Waals surface area contributed by atoms with Gasteiger partial charge in [0.15, 0.2) is 5.65 Å². The van der Waals surface area contributed by atoms with E-state index in [1.807, 2.05) is 6.92 Å². The number of sulfonamides is 1. The SMILES string of the molecule is CCCCn1c(=O)[nH]c(=O)c2[nH]c(C(Cc3ccccc3F)c3ccc(S(=O)(=O)Nc4ccncc4)cc3)nc21. The first-order chi connectivity index (χ1) is 19.3.